The molecule has 0 spiro atoms. The number of hydrogen-bond acceptors (Lipinski definition) is 6. The first-order valence-electron chi connectivity index (χ1n) is 3.70. The molecule has 0 aromatic rings. The summed E-state index contributed by atoms with van der Waals surface area (Å²) in [6.07, 6.45) is -5.52. The highest BCUT2D eigenvalue weighted by atomic mass is 16.5. The standard InChI is InChI=1S/C7H12O6/c1-2-13-7(12)6(11)5(10)4(9)3-8/h3-6,9-11H,2H2,1H3/t4-,5-,6-/m0/s1. The average molecular weight is 192 g/mol. The normalized spacial score (nSPS) is 17.2. The Morgan fingerprint density at radius 1 is 1.46 bits per heavy atom. The van der Waals surface area contributed by atoms with Gasteiger partial charge in [-0.15, -0.1) is 0 Å². The Kier molecular flexibility index (Phi) is 5.20. The lowest BCUT2D eigenvalue weighted by atomic mass is 10.1. The van der Waals surface area contributed by atoms with Gasteiger partial charge in [0, 0.05) is 0 Å². The smallest absolute Gasteiger partial charge is 0.337 e. The van der Waals surface area contributed by atoms with Crippen molar-refractivity contribution in [2.75, 3.05) is 6.61 Å². The molecule has 6 heteroatoms. The van der Waals surface area contributed by atoms with E-state index >= 15 is 0 Å². The topological polar surface area (TPSA) is 104 Å². The minimum absolute atomic E-state index is 0.0209. The molecule has 0 aliphatic rings. The Hall–Kier alpha value is -0.980. The summed E-state index contributed by atoms with van der Waals surface area (Å²) in [5.41, 5.74) is 0. The number of carbonyl (C=O) groups is 2. The Morgan fingerprint density at radius 3 is 2.38 bits per heavy atom. The van der Waals surface area contributed by atoms with E-state index in [4.69, 9.17) is 15.3 Å². The van der Waals surface area contributed by atoms with Gasteiger partial charge >= 0.3 is 5.97 Å². The summed E-state index contributed by atoms with van der Waals surface area (Å²) in [5, 5.41) is 26.7. The number of aliphatic hydroxyl groups excluding tert-OH is 3. The van der Waals surface area contributed by atoms with E-state index in [9.17, 15) is 9.59 Å². The quantitative estimate of drug-likeness (QED) is 0.338. The van der Waals surface area contributed by atoms with E-state index in [2.05, 4.69) is 4.74 Å². The first kappa shape index (κ1) is 12.0. The van der Waals surface area contributed by atoms with Crippen LogP contribution in [0.2, 0.25) is 0 Å². The van der Waals surface area contributed by atoms with E-state index in [1.54, 1.807) is 0 Å². The minimum atomic E-state index is -1.90. The van der Waals surface area contributed by atoms with Crippen molar-refractivity contribution in [1.29, 1.82) is 0 Å². The predicted molar refractivity (Wildman–Crippen MR) is 40.7 cm³/mol. The number of rotatable bonds is 5. The molecular weight excluding hydrogens is 180 g/mol. The molecule has 3 atom stereocenters. The van der Waals surface area contributed by atoms with E-state index in [1.807, 2.05) is 0 Å². The largest absolute Gasteiger partial charge is 0.464 e. The second-order valence-corrected chi connectivity index (χ2v) is 2.31. The molecule has 13 heavy (non-hydrogen) atoms. The maximum atomic E-state index is 10.7. The van der Waals surface area contributed by atoms with Crippen LogP contribution in [0.1, 0.15) is 6.92 Å². The van der Waals surface area contributed by atoms with Gasteiger partial charge in [-0.1, -0.05) is 0 Å². The molecule has 0 rings (SSSR count). The van der Waals surface area contributed by atoms with Gasteiger partial charge < -0.3 is 24.9 Å². The summed E-state index contributed by atoms with van der Waals surface area (Å²) < 4.78 is 4.34. The van der Waals surface area contributed by atoms with Crippen molar-refractivity contribution < 1.29 is 29.6 Å². The van der Waals surface area contributed by atoms with Gasteiger partial charge in [0.2, 0.25) is 0 Å². The predicted octanol–water partition coefficient (Wildman–Crippen LogP) is -2.17. The average Bonchev–Trinajstić information content (AvgIpc) is 2.14. The molecule has 76 valence electrons. The molecule has 0 unspecified atom stereocenters. The molecule has 0 aliphatic carbocycles. The Labute approximate surface area is 74.7 Å². The van der Waals surface area contributed by atoms with E-state index in [-0.39, 0.29) is 12.9 Å². The minimum Gasteiger partial charge on any atom is -0.464 e. The maximum Gasteiger partial charge on any atom is 0.337 e. The monoisotopic (exact) mass is 192 g/mol. The molecule has 0 fully saturated rings. The summed E-state index contributed by atoms with van der Waals surface area (Å²) in [6.45, 7) is 1.56. The second kappa shape index (κ2) is 5.63. The third-order valence-electron chi connectivity index (χ3n) is 1.34. The van der Waals surface area contributed by atoms with Crippen LogP contribution in [0.15, 0.2) is 0 Å². The van der Waals surface area contributed by atoms with Crippen molar-refractivity contribution in [1.82, 2.24) is 0 Å². The van der Waals surface area contributed by atoms with Gasteiger partial charge in [-0.25, -0.2) is 4.79 Å². The molecule has 0 saturated carbocycles. The van der Waals surface area contributed by atoms with Crippen LogP contribution in [0.4, 0.5) is 0 Å². The zero-order valence-corrected chi connectivity index (χ0v) is 7.08. The van der Waals surface area contributed by atoms with Crippen molar-refractivity contribution in [2.45, 2.75) is 25.2 Å². The highest BCUT2D eigenvalue weighted by Crippen LogP contribution is 2.00. The van der Waals surface area contributed by atoms with Crippen molar-refractivity contribution in [3.63, 3.8) is 0 Å². The summed E-state index contributed by atoms with van der Waals surface area (Å²) in [5.74, 6) is -1.07. The number of carbonyl (C=O) groups excluding carboxylic acids is 2. The van der Waals surface area contributed by atoms with Gasteiger partial charge in [-0.2, -0.15) is 0 Å². The summed E-state index contributed by atoms with van der Waals surface area (Å²) >= 11 is 0. The summed E-state index contributed by atoms with van der Waals surface area (Å²) in [6, 6.07) is 0. The zero-order chi connectivity index (χ0) is 10.4. The van der Waals surface area contributed by atoms with Crippen LogP contribution in [0.3, 0.4) is 0 Å². The number of esters is 1. The molecule has 0 amide bonds. The van der Waals surface area contributed by atoms with Gasteiger partial charge in [-0.3, -0.25) is 0 Å². The lowest BCUT2D eigenvalue weighted by Crippen LogP contribution is -2.43. The SMILES string of the molecule is CCOC(=O)[C@@H](O)[C@@H](O)[C@@H](O)C=O. The molecule has 6 nitrogen and oxygen atoms in total. The fourth-order valence-electron chi connectivity index (χ4n) is 0.634. The molecule has 0 aromatic carbocycles. The van der Waals surface area contributed by atoms with Gasteiger partial charge in [0.05, 0.1) is 6.61 Å². The number of aliphatic hydroxyl groups is 3. The third kappa shape index (κ3) is 3.49. The summed E-state index contributed by atoms with van der Waals surface area (Å²) in [4.78, 5) is 20.7. The van der Waals surface area contributed by atoms with Gasteiger partial charge in [0.1, 0.15) is 12.2 Å². The molecule has 0 heterocycles. The van der Waals surface area contributed by atoms with Crippen molar-refractivity contribution >= 4 is 12.3 Å². The lowest BCUT2D eigenvalue weighted by Gasteiger charge is -2.17. The highest BCUT2D eigenvalue weighted by Gasteiger charge is 2.30. The van der Waals surface area contributed by atoms with Crippen LogP contribution >= 0.6 is 0 Å². The first-order chi connectivity index (χ1) is 6.04. The molecule has 0 saturated heterocycles. The van der Waals surface area contributed by atoms with Crippen molar-refractivity contribution in [2.24, 2.45) is 0 Å². The number of aldehydes is 1. The van der Waals surface area contributed by atoms with E-state index in [0.717, 1.165) is 0 Å². The second-order valence-electron chi connectivity index (χ2n) is 2.31. The fraction of sp³-hybridized carbons (Fsp3) is 0.714. The van der Waals surface area contributed by atoms with Crippen molar-refractivity contribution in [3.8, 4) is 0 Å². The lowest BCUT2D eigenvalue weighted by molar-refractivity contribution is -0.164. The van der Waals surface area contributed by atoms with Gasteiger partial charge in [-0.05, 0) is 6.92 Å². The Balaban J connectivity index is 4.15. The molecule has 3 N–H and O–H groups in total. The molecular formula is C7H12O6. The van der Waals surface area contributed by atoms with Gasteiger partial charge in [0.25, 0.3) is 0 Å². The van der Waals surface area contributed by atoms with Crippen LogP contribution in [0, 0.1) is 0 Å². The maximum absolute atomic E-state index is 10.7. The van der Waals surface area contributed by atoms with E-state index < -0.39 is 24.3 Å². The molecule has 0 radical (unpaired) electrons. The van der Waals surface area contributed by atoms with Crippen LogP contribution in [-0.4, -0.2) is 52.5 Å². The fourth-order valence-corrected chi connectivity index (χ4v) is 0.634. The van der Waals surface area contributed by atoms with Gasteiger partial charge in [0.15, 0.2) is 12.4 Å². The van der Waals surface area contributed by atoms with Crippen LogP contribution < -0.4 is 0 Å². The zero-order valence-electron chi connectivity index (χ0n) is 7.08. The Bertz CT molecular complexity index is 180. The van der Waals surface area contributed by atoms with E-state index in [0.29, 0.717) is 0 Å². The number of ether oxygens (including phenoxy) is 1. The summed E-state index contributed by atoms with van der Waals surface area (Å²) in [7, 11) is 0. The first-order valence-corrected chi connectivity index (χ1v) is 3.70. The van der Waals surface area contributed by atoms with Crippen LogP contribution in [-0.2, 0) is 14.3 Å². The van der Waals surface area contributed by atoms with E-state index in [1.165, 1.54) is 6.92 Å². The molecule has 0 aliphatic heterocycles. The molecule has 0 bridgehead atoms. The van der Waals surface area contributed by atoms with Crippen LogP contribution in [0.5, 0.6) is 0 Å². The van der Waals surface area contributed by atoms with Crippen LogP contribution in [0.25, 0.3) is 0 Å². The molecule has 0 aromatic heterocycles. The highest BCUT2D eigenvalue weighted by molar-refractivity contribution is 5.76. The van der Waals surface area contributed by atoms with Crippen molar-refractivity contribution in [3.05, 3.63) is 0 Å². The number of hydrogen-bond donors (Lipinski definition) is 3. The third-order valence-corrected chi connectivity index (χ3v) is 1.34. The Morgan fingerprint density at radius 2 is 2.00 bits per heavy atom.